The average molecular weight is 902 g/mol. The largest absolute Gasteiger partial charge is 0.393 e. The first kappa shape index (κ1) is 55.1. The van der Waals surface area contributed by atoms with Crippen LogP contribution in [0, 0.1) is 29.6 Å². The lowest BCUT2D eigenvalue weighted by Gasteiger charge is -2.42. The number of hydrogen-bond donors (Lipinski definition) is 4. The third kappa shape index (κ3) is 15.7. The van der Waals surface area contributed by atoms with Crippen molar-refractivity contribution in [3.05, 3.63) is 47.6 Å². The Morgan fingerprint density at radius 1 is 0.922 bits per heavy atom. The number of aliphatic hydroxyl groups is 4. The van der Waals surface area contributed by atoms with E-state index >= 15 is 0 Å². The third-order valence-corrected chi connectivity index (χ3v) is 13.7. The number of aliphatic hydroxyl groups excluding tert-OH is 3. The van der Waals surface area contributed by atoms with Gasteiger partial charge in [0.05, 0.1) is 36.6 Å². The van der Waals surface area contributed by atoms with Crippen molar-refractivity contribution in [3.63, 3.8) is 0 Å². The van der Waals surface area contributed by atoms with E-state index in [0.717, 1.165) is 31.3 Å². The first-order valence-corrected chi connectivity index (χ1v) is 23.4. The molecule has 2 saturated heterocycles. The summed E-state index contributed by atoms with van der Waals surface area (Å²) < 4.78 is 22.6. The van der Waals surface area contributed by atoms with Crippen LogP contribution in [0.25, 0.3) is 0 Å². The second kappa shape index (κ2) is 26.8. The summed E-state index contributed by atoms with van der Waals surface area (Å²) in [4.78, 5) is 66.0. The van der Waals surface area contributed by atoms with E-state index in [4.69, 9.17) is 18.9 Å². The van der Waals surface area contributed by atoms with Crippen molar-refractivity contribution in [2.75, 3.05) is 27.9 Å². The number of rotatable bonds is 25. The molecule has 0 aromatic rings. The number of likely N-dealkylation sites (tertiary alicyclic amines) is 1. The summed E-state index contributed by atoms with van der Waals surface area (Å²) >= 11 is 0. The van der Waals surface area contributed by atoms with Gasteiger partial charge in [0.2, 0.25) is 5.79 Å². The van der Waals surface area contributed by atoms with E-state index in [2.05, 4.69) is 0 Å². The minimum atomic E-state index is -2.30. The molecule has 0 aromatic heterocycles. The summed E-state index contributed by atoms with van der Waals surface area (Å²) in [7, 11) is 4.55. The molecule has 4 N–H and O–H groups in total. The fraction of sp³-hybridized carbons (Fsp3) is 0.740. The van der Waals surface area contributed by atoms with Gasteiger partial charge in [0.1, 0.15) is 24.3 Å². The molecular formula is C50H79NO13. The van der Waals surface area contributed by atoms with E-state index in [0.29, 0.717) is 69.1 Å². The molecule has 1 amide bonds. The number of methoxy groups -OCH3 is 3. The summed E-state index contributed by atoms with van der Waals surface area (Å²) in [6.45, 7) is 11.1. The van der Waals surface area contributed by atoms with Crippen LogP contribution in [0.4, 0.5) is 0 Å². The Morgan fingerprint density at radius 3 is 2.30 bits per heavy atom. The number of Topliss-reactive ketones (excluding diaryl/α,β-unsaturated/α-hetero) is 3. The quantitative estimate of drug-likeness (QED) is 0.0383. The number of carbonyl (C=O) groups excluding carboxylic acids is 5. The minimum absolute atomic E-state index is 0.0141. The smallest absolute Gasteiger partial charge is 0.296 e. The van der Waals surface area contributed by atoms with Gasteiger partial charge in [0.15, 0.2) is 5.78 Å². The average Bonchev–Trinajstić information content (AvgIpc) is 3.28. The lowest BCUT2D eigenvalue weighted by molar-refractivity contribution is -0.265. The lowest BCUT2D eigenvalue weighted by Crippen LogP contribution is -2.60. The van der Waals surface area contributed by atoms with Crippen LogP contribution < -0.4 is 0 Å². The Morgan fingerprint density at radius 2 is 1.64 bits per heavy atom. The number of aldehydes is 1. The molecule has 2 heterocycles. The molecule has 0 aromatic carbocycles. The van der Waals surface area contributed by atoms with E-state index in [1.165, 1.54) is 12.0 Å². The number of ketones is 3. The van der Waals surface area contributed by atoms with Crippen molar-refractivity contribution < 1.29 is 63.3 Å². The Bertz CT molecular complexity index is 1660. The molecule has 0 bridgehead atoms. The highest BCUT2D eigenvalue weighted by Crippen LogP contribution is 2.37. The zero-order chi connectivity index (χ0) is 47.7. The first-order valence-electron chi connectivity index (χ1n) is 23.4. The molecule has 14 atom stereocenters. The number of allylic oxidation sites excluding steroid dienone is 6. The van der Waals surface area contributed by atoms with Crippen LogP contribution in [0.2, 0.25) is 0 Å². The SMILES string of the molecule is CO[C@@H](C[C@@H]1CC[C@@H](C)[C@](O)(C(=O)C(=O)N2CCCC[C@H]2C=O)O1)/C(C)=C/C=C/C=C/[C@@H](C)C[C@@H](C)C(=O)[C@H](OC)[C@H](O)/C(C)=C/[C@@H](C)C(=O)C[C@H](O)CC[C@@H]1CC[C@@H](O)[C@H](OC)C1. The number of hydrogen-bond acceptors (Lipinski definition) is 13. The van der Waals surface area contributed by atoms with Gasteiger partial charge in [-0.25, -0.2) is 0 Å². The highest BCUT2D eigenvalue weighted by atomic mass is 16.6. The topological polar surface area (TPSA) is 206 Å². The molecule has 3 rings (SSSR count). The molecule has 1 aliphatic carbocycles. The summed E-state index contributed by atoms with van der Waals surface area (Å²) in [5.41, 5.74) is 1.33. The van der Waals surface area contributed by atoms with E-state index in [-0.39, 0.29) is 36.6 Å². The van der Waals surface area contributed by atoms with Gasteiger partial charge in [-0.1, -0.05) is 64.2 Å². The number of carbonyl (C=O) groups is 5. The summed E-state index contributed by atoms with van der Waals surface area (Å²) in [5.74, 6) is -5.93. The molecule has 2 aliphatic heterocycles. The van der Waals surface area contributed by atoms with E-state index in [1.807, 2.05) is 44.2 Å². The molecule has 1 saturated carbocycles. The maximum Gasteiger partial charge on any atom is 0.296 e. The number of amides is 1. The minimum Gasteiger partial charge on any atom is -0.393 e. The molecule has 0 radical (unpaired) electrons. The van der Waals surface area contributed by atoms with Crippen molar-refractivity contribution in [2.24, 2.45) is 29.6 Å². The van der Waals surface area contributed by atoms with E-state index < -0.39 is 77.9 Å². The van der Waals surface area contributed by atoms with E-state index in [9.17, 15) is 44.4 Å². The zero-order valence-electron chi connectivity index (χ0n) is 39.9. The molecule has 3 fully saturated rings. The highest BCUT2D eigenvalue weighted by molar-refractivity contribution is 6.39. The van der Waals surface area contributed by atoms with Crippen LogP contribution in [0.15, 0.2) is 47.6 Å². The first-order chi connectivity index (χ1) is 30.3. The third-order valence-electron chi connectivity index (χ3n) is 13.7. The van der Waals surface area contributed by atoms with Gasteiger partial charge >= 0.3 is 0 Å². The molecular weight excluding hydrogens is 823 g/mol. The van der Waals surface area contributed by atoms with Crippen molar-refractivity contribution in [3.8, 4) is 0 Å². The van der Waals surface area contributed by atoms with Gasteiger partial charge in [-0.2, -0.15) is 0 Å². The molecule has 14 heteroatoms. The maximum atomic E-state index is 13.5. The van der Waals surface area contributed by atoms with Gasteiger partial charge in [-0.15, -0.1) is 0 Å². The molecule has 3 aliphatic rings. The summed E-state index contributed by atoms with van der Waals surface area (Å²) in [6.07, 6.45) is 14.3. The molecule has 64 heavy (non-hydrogen) atoms. The number of ether oxygens (including phenoxy) is 4. The van der Waals surface area contributed by atoms with Gasteiger partial charge in [-0.3, -0.25) is 19.2 Å². The number of piperidine rings is 1. The van der Waals surface area contributed by atoms with Crippen LogP contribution in [0.1, 0.15) is 125 Å². The van der Waals surface area contributed by atoms with Crippen molar-refractivity contribution in [1.82, 2.24) is 4.90 Å². The Hall–Kier alpha value is -3.21. The van der Waals surface area contributed by atoms with Gasteiger partial charge < -0.3 is 49.1 Å². The van der Waals surface area contributed by atoms with Gasteiger partial charge in [0, 0.05) is 58.5 Å². The van der Waals surface area contributed by atoms with Crippen LogP contribution in [0.5, 0.6) is 0 Å². The van der Waals surface area contributed by atoms with Crippen LogP contribution in [-0.2, 0) is 42.9 Å². The monoisotopic (exact) mass is 902 g/mol. The van der Waals surface area contributed by atoms with Crippen molar-refractivity contribution >= 4 is 29.5 Å². The molecule has 0 spiro atoms. The van der Waals surface area contributed by atoms with Crippen LogP contribution in [-0.4, -0.2) is 137 Å². The van der Waals surface area contributed by atoms with Crippen LogP contribution >= 0.6 is 0 Å². The van der Waals surface area contributed by atoms with Crippen LogP contribution in [0.3, 0.4) is 0 Å². The zero-order valence-corrected chi connectivity index (χ0v) is 39.9. The second-order valence-corrected chi connectivity index (χ2v) is 18.8. The fourth-order valence-electron chi connectivity index (χ4n) is 9.40. The van der Waals surface area contributed by atoms with Gasteiger partial charge in [-0.05, 0) is 107 Å². The fourth-order valence-corrected chi connectivity index (χ4v) is 9.40. The van der Waals surface area contributed by atoms with Gasteiger partial charge in [0.25, 0.3) is 11.7 Å². The standard InChI is InChI=1S/C50H79NO13/c1-31(25-34(4)45(56)47(63-9)46(57)35(5)26-33(3)42(55)28-39(53)21-19-37-20-23-41(54)44(27-37)62-8)15-11-10-12-16-32(2)43(61-7)29-40-22-18-36(6)50(60,64-40)48(58)49(59)51-24-14-13-17-38(51)30-52/h10-12,15-16,26,30-31,33-34,36-41,43-44,46-47,53-54,57,60H,13-14,17-25,27-29H2,1-9H3/b12-10+,15-11+,32-16+,35-26+/t31-,33-,34-,36-,37-,38+,39-,40+,41-,43+,44-,46-,47+,50-/m1/s1. The predicted molar refractivity (Wildman–Crippen MR) is 243 cm³/mol. The Balaban J connectivity index is 1.48. The molecule has 14 nitrogen and oxygen atoms in total. The molecule has 362 valence electrons. The van der Waals surface area contributed by atoms with Crippen molar-refractivity contribution in [2.45, 2.75) is 180 Å². The highest BCUT2D eigenvalue weighted by Gasteiger charge is 2.52. The second-order valence-electron chi connectivity index (χ2n) is 18.8. The number of nitrogens with zero attached hydrogens (tertiary/aromatic N) is 1. The summed E-state index contributed by atoms with van der Waals surface area (Å²) in [5, 5.41) is 43.3. The predicted octanol–water partition coefficient (Wildman–Crippen LogP) is 5.57. The Kier molecular flexibility index (Phi) is 23.1. The maximum absolute atomic E-state index is 13.5. The van der Waals surface area contributed by atoms with E-state index in [1.54, 1.807) is 48.0 Å². The Labute approximate surface area is 381 Å². The normalized spacial score (nSPS) is 29.5. The summed E-state index contributed by atoms with van der Waals surface area (Å²) in [6, 6.07) is -0.685. The van der Waals surface area contributed by atoms with Crippen molar-refractivity contribution in [1.29, 1.82) is 0 Å². The molecule has 0 unspecified atom stereocenters. The lowest BCUT2D eigenvalue weighted by atomic mass is 9.82.